The van der Waals surface area contributed by atoms with Crippen LogP contribution in [0.3, 0.4) is 0 Å². The molecule has 5 heteroatoms. The summed E-state index contributed by atoms with van der Waals surface area (Å²) >= 11 is 5.73. The maximum absolute atomic E-state index is 13.7. The molecule has 2 aromatic rings. The summed E-state index contributed by atoms with van der Waals surface area (Å²) in [5.41, 5.74) is 3.09. The van der Waals surface area contributed by atoms with Crippen LogP contribution in [-0.2, 0) is 11.3 Å². The van der Waals surface area contributed by atoms with Crippen molar-refractivity contribution in [2.45, 2.75) is 20.4 Å². The van der Waals surface area contributed by atoms with Crippen LogP contribution >= 0.6 is 11.6 Å². The number of anilines is 2. The molecule has 110 valence electrons. The summed E-state index contributed by atoms with van der Waals surface area (Å²) in [6, 6.07) is 10.1. The van der Waals surface area contributed by atoms with E-state index < -0.39 is 0 Å². The van der Waals surface area contributed by atoms with Gasteiger partial charge in [0.2, 0.25) is 5.91 Å². The van der Waals surface area contributed by atoms with Gasteiger partial charge >= 0.3 is 0 Å². The number of halogens is 2. The number of nitrogens with one attached hydrogen (secondary N) is 2. The van der Waals surface area contributed by atoms with Crippen molar-refractivity contribution in [1.82, 2.24) is 0 Å². The summed E-state index contributed by atoms with van der Waals surface area (Å²) < 4.78 is 13.7. The molecular formula is C16H16ClFN2O. The Morgan fingerprint density at radius 3 is 2.67 bits per heavy atom. The summed E-state index contributed by atoms with van der Waals surface area (Å²) in [5.74, 6) is -0.473. The Hall–Kier alpha value is -2.07. The quantitative estimate of drug-likeness (QED) is 0.881. The van der Waals surface area contributed by atoms with Crippen molar-refractivity contribution in [1.29, 1.82) is 0 Å². The molecule has 1 amide bonds. The van der Waals surface area contributed by atoms with E-state index in [2.05, 4.69) is 10.6 Å². The molecule has 0 saturated carbocycles. The Bertz CT molecular complexity index is 673. The van der Waals surface area contributed by atoms with Gasteiger partial charge in [-0.3, -0.25) is 4.79 Å². The molecule has 0 aliphatic rings. The molecule has 0 aliphatic carbocycles. The average Bonchev–Trinajstić information content (AvgIpc) is 2.40. The second kappa shape index (κ2) is 6.59. The molecule has 2 N–H and O–H groups in total. The van der Waals surface area contributed by atoms with Gasteiger partial charge in [0, 0.05) is 35.4 Å². The molecule has 0 saturated heterocycles. The summed E-state index contributed by atoms with van der Waals surface area (Å²) in [5, 5.41) is 6.26. The molecule has 0 unspecified atom stereocenters. The smallest absolute Gasteiger partial charge is 0.221 e. The first-order chi connectivity index (χ1) is 9.95. The molecule has 0 spiro atoms. The normalized spacial score (nSPS) is 10.3. The summed E-state index contributed by atoms with van der Waals surface area (Å²) in [6.45, 7) is 3.74. The van der Waals surface area contributed by atoms with Gasteiger partial charge < -0.3 is 10.6 Å². The number of carbonyl (C=O) groups is 1. The van der Waals surface area contributed by atoms with Crippen LogP contribution in [0.5, 0.6) is 0 Å². The van der Waals surface area contributed by atoms with Crippen LogP contribution in [0.2, 0.25) is 5.02 Å². The fraction of sp³-hybridized carbons (Fsp3) is 0.188. The third-order valence-corrected chi connectivity index (χ3v) is 3.28. The standard InChI is InChI=1S/C16H16ClFN2O/c1-10-3-6-14(20-11(2)21)8-16(10)19-9-12-4-5-13(17)7-15(12)18/h3-8,19H,9H2,1-2H3,(H,20,21). The fourth-order valence-electron chi connectivity index (χ4n) is 1.95. The minimum Gasteiger partial charge on any atom is -0.381 e. The number of rotatable bonds is 4. The van der Waals surface area contributed by atoms with E-state index in [1.807, 2.05) is 25.1 Å². The van der Waals surface area contributed by atoms with Gasteiger partial charge in [-0.15, -0.1) is 0 Å². The highest BCUT2D eigenvalue weighted by Gasteiger charge is 2.05. The molecule has 3 nitrogen and oxygen atoms in total. The van der Waals surface area contributed by atoms with Crippen molar-refractivity contribution in [3.8, 4) is 0 Å². The highest BCUT2D eigenvalue weighted by atomic mass is 35.5. The maximum Gasteiger partial charge on any atom is 0.221 e. The molecule has 0 aromatic heterocycles. The molecule has 0 radical (unpaired) electrons. The van der Waals surface area contributed by atoms with Crippen LogP contribution in [0.1, 0.15) is 18.1 Å². The molecule has 0 heterocycles. The molecule has 0 aliphatic heterocycles. The minimum absolute atomic E-state index is 0.131. The predicted molar refractivity (Wildman–Crippen MR) is 84.2 cm³/mol. The van der Waals surface area contributed by atoms with Gasteiger partial charge in [-0.25, -0.2) is 4.39 Å². The van der Waals surface area contributed by atoms with Crippen LogP contribution in [0, 0.1) is 12.7 Å². The summed E-state index contributed by atoms with van der Waals surface area (Å²) in [6.07, 6.45) is 0. The van der Waals surface area contributed by atoms with Crippen molar-refractivity contribution >= 4 is 28.9 Å². The van der Waals surface area contributed by atoms with Crippen molar-refractivity contribution in [3.05, 3.63) is 58.4 Å². The predicted octanol–water partition coefficient (Wildman–Crippen LogP) is 4.36. The highest BCUT2D eigenvalue weighted by Crippen LogP contribution is 2.22. The van der Waals surface area contributed by atoms with E-state index >= 15 is 0 Å². The number of aryl methyl sites for hydroxylation is 1. The highest BCUT2D eigenvalue weighted by molar-refractivity contribution is 6.30. The van der Waals surface area contributed by atoms with E-state index in [4.69, 9.17) is 11.6 Å². The first-order valence-corrected chi connectivity index (χ1v) is 6.89. The lowest BCUT2D eigenvalue weighted by Gasteiger charge is -2.12. The molecule has 2 rings (SSSR count). The lowest BCUT2D eigenvalue weighted by atomic mass is 10.1. The number of amides is 1. The SMILES string of the molecule is CC(=O)Nc1ccc(C)c(NCc2ccc(Cl)cc2F)c1. The Morgan fingerprint density at radius 2 is 2.00 bits per heavy atom. The van der Waals surface area contributed by atoms with E-state index in [9.17, 15) is 9.18 Å². The van der Waals surface area contributed by atoms with E-state index in [0.29, 0.717) is 22.8 Å². The van der Waals surface area contributed by atoms with Gasteiger partial charge in [-0.2, -0.15) is 0 Å². The monoisotopic (exact) mass is 306 g/mol. The first kappa shape index (κ1) is 15.3. The topological polar surface area (TPSA) is 41.1 Å². The lowest BCUT2D eigenvalue weighted by molar-refractivity contribution is -0.114. The largest absolute Gasteiger partial charge is 0.381 e. The van der Waals surface area contributed by atoms with Gasteiger partial charge in [0.15, 0.2) is 0 Å². The van der Waals surface area contributed by atoms with Crippen LogP contribution < -0.4 is 10.6 Å². The van der Waals surface area contributed by atoms with E-state index in [0.717, 1.165) is 11.3 Å². The van der Waals surface area contributed by atoms with Crippen molar-refractivity contribution in [2.24, 2.45) is 0 Å². The van der Waals surface area contributed by atoms with Gasteiger partial charge in [-0.1, -0.05) is 23.7 Å². The van der Waals surface area contributed by atoms with Gasteiger partial charge in [0.1, 0.15) is 5.82 Å². The molecule has 0 fully saturated rings. The third kappa shape index (κ3) is 4.20. The zero-order chi connectivity index (χ0) is 15.4. The minimum atomic E-state index is -0.342. The lowest BCUT2D eigenvalue weighted by Crippen LogP contribution is -2.07. The Morgan fingerprint density at radius 1 is 1.24 bits per heavy atom. The Balaban J connectivity index is 2.13. The molecular weight excluding hydrogens is 291 g/mol. The molecule has 2 aromatic carbocycles. The van der Waals surface area contributed by atoms with E-state index in [-0.39, 0.29) is 11.7 Å². The second-order valence-electron chi connectivity index (χ2n) is 4.80. The van der Waals surface area contributed by atoms with Gasteiger partial charge in [0.25, 0.3) is 0 Å². The summed E-state index contributed by atoms with van der Waals surface area (Å²) in [4.78, 5) is 11.1. The van der Waals surface area contributed by atoms with Crippen LogP contribution in [-0.4, -0.2) is 5.91 Å². The van der Waals surface area contributed by atoms with Crippen LogP contribution in [0.25, 0.3) is 0 Å². The van der Waals surface area contributed by atoms with Gasteiger partial charge in [-0.05, 0) is 36.8 Å². The van der Waals surface area contributed by atoms with Crippen molar-refractivity contribution in [3.63, 3.8) is 0 Å². The van der Waals surface area contributed by atoms with E-state index in [1.54, 1.807) is 12.1 Å². The fourth-order valence-corrected chi connectivity index (χ4v) is 2.11. The van der Waals surface area contributed by atoms with Crippen LogP contribution in [0.15, 0.2) is 36.4 Å². The van der Waals surface area contributed by atoms with Crippen molar-refractivity contribution < 1.29 is 9.18 Å². The Labute approximate surface area is 128 Å². The average molecular weight is 307 g/mol. The number of hydrogen-bond acceptors (Lipinski definition) is 2. The zero-order valence-electron chi connectivity index (χ0n) is 11.8. The number of hydrogen-bond donors (Lipinski definition) is 2. The van der Waals surface area contributed by atoms with E-state index in [1.165, 1.54) is 13.0 Å². The second-order valence-corrected chi connectivity index (χ2v) is 5.24. The number of benzene rings is 2. The zero-order valence-corrected chi connectivity index (χ0v) is 12.6. The Kier molecular flexibility index (Phi) is 4.81. The van der Waals surface area contributed by atoms with Gasteiger partial charge in [0.05, 0.1) is 0 Å². The molecule has 21 heavy (non-hydrogen) atoms. The maximum atomic E-state index is 13.7. The number of carbonyl (C=O) groups excluding carboxylic acids is 1. The third-order valence-electron chi connectivity index (χ3n) is 3.04. The van der Waals surface area contributed by atoms with Crippen LogP contribution in [0.4, 0.5) is 15.8 Å². The summed E-state index contributed by atoms with van der Waals surface area (Å²) in [7, 11) is 0. The molecule has 0 bridgehead atoms. The first-order valence-electron chi connectivity index (χ1n) is 6.52. The van der Waals surface area contributed by atoms with Crippen molar-refractivity contribution in [2.75, 3.05) is 10.6 Å². The molecule has 0 atom stereocenters.